The SMILES string of the molecule is CCc1ccccc1NC(=O)c1cnc(SC)nc1C. The van der Waals surface area contributed by atoms with Crippen LogP contribution in [0, 0.1) is 6.92 Å². The van der Waals surface area contributed by atoms with Crippen LogP contribution in [0.25, 0.3) is 0 Å². The molecule has 20 heavy (non-hydrogen) atoms. The quantitative estimate of drug-likeness (QED) is 0.692. The molecule has 1 N–H and O–H groups in total. The van der Waals surface area contributed by atoms with Gasteiger partial charge in [0.15, 0.2) is 5.16 Å². The van der Waals surface area contributed by atoms with E-state index >= 15 is 0 Å². The zero-order chi connectivity index (χ0) is 14.5. The molecule has 2 aromatic rings. The van der Waals surface area contributed by atoms with Crippen LogP contribution < -0.4 is 5.32 Å². The molecular formula is C15H17N3OS. The first-order valence-electron chi connectivity index (χ1n) is 6.42. The van der Waals surface area contributed by atoms with Gasteiger partial charge in [-0.3, -0.25) is 4.79 Å². The van der Waals surface area contributed by atoms with Crippen LogP contribution in [-0.2, 0) is 6.42 Å². The molecular weight excluding hydrogens is 270 g/mol. The number of aryl methyl sites for hydroxylation is 2. The topological polar surface area (TPSA) is 54.9 Å². The van der Waals surface area contributed by atoms with E-state index in [1.54, 1.807) is 6.20 Å². The van der Waals surface area contributed by atoms with Crippen molar-refractivity contribution < 1.29 is 4.79 Å². The van der Waals surface area contributed by atoms with E-state index in [1.807, 2.05) is 37.4 Å². The number of nitrogens with one attached hydrogen (secondary N) is 1. The van der Waals surface area contributed by atoms with Crippen molar-refractivity contribution in [3.63, 3.8) is 0 Å². The number of nitrogens with zero attached hydrogens (tertiary/aromatic N) is 2. The lowest BCUT2D eigenvalue weighted by Gasteiger charge is -2.10. The van der Waals surface area contributed by atoms with Gasteiger partial charge >= 0.3 is 0 Å². The van der Waals surface area contributed by atoms with E-state index in [4.69, 9.17) is 0 Å². The molecule has 1 aromatic heterocycles. The number of carbonyl (C=O) groups excluding carboxylic acids is 1. The van der Waals surface area contributed by atoms with E-state index < -0.39 is 0 Å². The van der Waals surface area contributed by atoms with E-state index in [9.17, 15) is 4.79 Å². The Bertz CT molecular complexity index is 628. The molecule has 0 unspecified atom stereocenters. The number of hydrogen-bond donors (Lipinski definition) is 1. The summed E-state index contributed by atoms with van der Waals surface area (Å²) in [6, 6.07) is 7.80. The van der Waals surface area contributed by atoms with Gasteiger partial charge in [-0.25, -0.2) is 9.97 Å². The Morgan fingerprint density at radius 3 is 2.75 bits per heavy atom. The van der Waals surface area contributed by atoms with Crippen LogP contribution >= 0.6 is 11.8 Å². The van der Waals surface area contributed by atoms with Crippen molar-refractivity contribution >= 4 is 23.4 Å². The summed E-state index contributed by atoms with van der Waals surface area (Å²) >= 11 is 1.46. The van der Waals surface area contributed by atoms with Crippen molar-refractivity contribution in [2.24, 2.45) is 0 Å². The minimum Gasteiger partial charge on any atom is -0.322 e. The molecule has 4 nitrogen and oxygen atoms in total. The molecule has 0 bridgehead atoms. The highest BCUT2D eigenvalue weighted by molar-refractivity contribution is 7.98. The summed E-state index contributed by atoms with van der Waals surface area (Å²) in [6.45, 7) is 3.88. The van der Waals surface area contributed by atoms with E-state index in [1.165, 1.54) is 11.8 Å². The summed E-state index contributed by atoms with van der Waals surface area (Å²) in [6.07, 6.45) is 4.36. The molecule has 0 spiro atoms. The minimum atomic E-state index is -0.170. The third-order valence-corrected chi connectivity index (χ3v) is 3.59. The maximum Gasteiger partial charge on any atom is 0.259 e. The van der Waals surface area contributed by atoms with E-state index in [0.29, 0.717) is 16.4 Å². The van der Waals surface area contributed by atoms with Gasteiger partial charge in [0.05, 0.1) is 11.3 Å². The first kappa shape index (κ1) is 14.5. The molecule has 0 aliphatic rings. The first-order chi connectivity index (χ1) is 9.65. The number of anilines is 1. The molecule has 0 saturated carbocycles. The highest BCUT2D eigenvalue weighted by Gasteiger charge is 2.13. The molecule has 0 saturated heterocycles. The lowest BCUT2D eigenvalue weighted by Crippen LogP contribution is -2.16. The van der Waals surface area contributed by atoms with Gasteiger partial charge in [0, 0.05) is 11.9 Å². The number of aromatic nitrogens is 2. The summed E-state index contributed by atoms with van der Waals surface area (Å²) in [4.78, 5) is 20.7. The minimum absolute atomic E-state index is 0.170. The third kappa shape index (κ3) is 3.17. The number of amides is 1. The number of carbonyl (C=O) groups is 1. The molecule has 0 aliphatic carbocycles. The Morgan fingerprint density at radius 1 is 1.35 bits per heavy atom. The first-order valence-corrected chi connectivity index (χ1v) is 7.65. The standard InChI is InChI=1S/C15H17N3OS/c1-4-11-7-5-6-8-13(11)18-14(19)12-9-16-15(20-3)17-10(12)2/h5-9H,4H2,1-3H3,(H,18,19). The molecule has 2 rings (SSSR count). The fraction of sp³-hybridized carbons (Fsp3) is 0.267. The van der Waals surface area contributed by atoms with Crippen molar-refractivity contribution in [1.82, 2.24) is 9.97 Å². The summed E-state index contributed by atoms with van der Waals surface area (Å²) in [5, 5.41) is 3.60. The van der Waals surface area contributed by atoms with Crippen molar-refractivity contribution in [1.29, 1.82) is 0 Å². The van der Waals surface area contributed by atoms with Crippen molar-refractivity contribution in [3.8, 4) is 0 Å². The van der Waals surface area contributed by atoms with Crippen LogP contribution in [0.3, 0.4) is 0 Å². The average Bonchev–Trinajstić information content (AvgIpc) is 2.47. The zero-order valence-electron chi connectivity index (χ0n) is 11.8. The van der Waals surface area contributed by atoms with Gasteiger partial charge in [-0.1, -0.05) is 36.9 Å². The molecule has 0 fully saturated rings. The number of para-hydroxylation sites is 1. The molecule has 104 valence electrons. The van der Waals surface area contributed by atoms with Gasteiger partial charge in [-0.2, -0.15) is 0 Å². The summed E-state index contributed by atoms with van der Waals surface area (Å²) in [5.74, 6) is -0.170. The summed E-state index contributed by atoms with van der Waals surface area (Å²) < 4.78 is 0. The van der Waals surface area contributed by atoms with Crippen LogP contribution in [0.15, 0.2) is 35.6 Å². The molecule has 1 aromatic carbocycles. The fourth-order valence-corrected chi connectivity index (χ4v) is 2.29. The van der Waals surface area contributed by atoms with Gasteiger partial charge in [0.25, 0.3) is 5.91 Å². The Morgan fingerprint density at radius 2 is 2.10 bits per heavy atom. The van der Waals surface area contributed by atoms with Crippen LogP contribution in [0.5, 0.6) is 0 Å². The van der Waals surface area contributed by atoms with Gasteiger partial charge in [0.1, 0.15) is 0 Å². The number of hydrogen-bond acceptors (Lipinski definition) is 4. The van der Waals surface area contributed by atoms with Crippen LogP contribution in [0.2, 0.25) is 0 Å². The normalized spacial score (nSPS) is 10.3. The Labute approximate surface area is 123 Å². The highest BCUT2D eigenvalue weighted by Crippen LogP contribution is 2.18. The predicted molar refractivity (Wildman–Crippen MR) is 82.3 cm³/mol. The van der Waals surface area contributed by atoms with Crippen LogP contribution in [0.4, 0.5) is 5.69 Å². The average molecular weight is 287 g/mol. The Kier molecular flexibility index (Phi) is 4.74. The summed E-state index contributed by atoms with van der Waals surface area (Å²) in [7, 11) is 0. The highest BCUT2D eigenvalue weighted by atomic mass is 32.2. The number of rotatable bonds is 4. The fourth-order valence-electron chi connectivity index (χ4n) is 1.91. The van der Waals surface area contributed by atoms with Gasteiger partial charge in [-0.05, 0) is 31.2 Å². The molecule has 1 amide bonds. The second kappa shape index (κ2) is 6.52. The monoisotopic (exact) mass is 287 g/mol. The molecule has 5 heteroatoms. The van der Waals surface area contributed by atoms with Gasteiger partial charge < -0.3 is 5.32 Å². The summed E-state index contributed by atoms with van der Waals surface area (Å²) in [5.41, 5.74) is 3.15. The van der Waals surface area contributed by atoms with Gasteiger partial charge in [-0.15, -0.1) is 0 Å². The Hall–Kier alpha value is -1.88. The van der Waals surface area contributed by atoms with Gasteiger partial charge in [0.2, 0.25) is 0 Å². The van der Waals surface area contributed by atoms with E-state index in [-0.39, 0.29) is 5.91 Å². The number of benzene rings is 1. The Balaban J connectivity index is 2.24. The van der Waals surface area contributed by atoms with Crippen molar-refractivity contribution in [2.45, 2.75) is 25.4 Å². The molecule has 0 atom stereocenters. The lowest BCUT2D eigenvalue weighted by atomic mass is 10.1. The smallest absolute Gasteiger partial charge is 0.259 e. The van der Waals surface area contributed by atoms with Crippen LogP contribution in [0.1, 0.15) is 28.5 Å². The largest absolute Gasteiger partial charge is 0.322 e. The lowest BCUT2D eigenvalue weighted by molar-refractivity contribution is 0.102. The van der Waals surface area contributed by atoms with Crippen LogP contribution in [-0.4, -0.2) is 22.1 Å². The third-order valence-electron chi connectivity index (χ3n) is 3.03. The molecule has 0 radical (unpaired) electrons. The molecule has 1 heterocycles. The zero-order valence-corrected chi connectivity index (χ0v) is 12.6. The van der Waals surface area contributed by atoms with E-state index in [0.717, 1.165) is 17.7 Å². The second-order valence-electron chi connectivity index (χ2n) is 4.32. The van der Waals surface area contributed by atoms with E-state index in [2.05, 4.69) is 22.2 Å². The second-order valence-corrected chi connectivity index (χ2v) is 5.09. The maximum atomic E-state index is 12.3. The molecule has 0 aliphatic heterocycles. The van der Waals surface area contributed by atoms with Crippen molar-refractivity contribution in [2.75, 3.05) is 11.6 Å². The van der Waals surface area contributed by atoms with Crippen molar-refractivity contribution in [3.05, 3.63) is 47.3 Å². The number of thioether (sulfide) groups is 1. The maximum absolute atomic E-state index is 12.3. The predicted octanol–water partition coefficient (Wildman–Crippen LogP) is 3.32.